The predicted molar refractivity (Wildman–Crippen MR) is 68.1 cm³/mol. The molecule has 1 aliphatic rings. The molecule has 0 aromatic carbocycles. The summed E-state index contributed by atoms with van der Waals surface area (Å²) in [6.45, 7) is 3.64. The summed E-state index contributed by atoms with van der Waals surface area (Å²) < 4.78 is 1.56. The normalized spacial score (nSPS) is 25.0. The fourth-order valence-corrected chi connectivity index (χ4v) is 2.55. The van der Waals surface area contributed by atoms with Crippen LogP contribution in [-0.4, -0.2) is 28.7 Å². The van der Waals surface area contributed by atoms with Crippen LogP contribution in [0.4, 0.5) is 5.82 Å². The molecule has 0 amide bonds. The van der Waals surface area contributed by atoms with Crippen molar-refractivity contribution >= 4 is 5.82 Å². The van der Waals surface area contributed by atoms with Crippen molar-refractivity contribution in [1.29, 1.82) is 0 Å². The summed E-state index contributed by atoms with van der Waals surface area (Å²) in [7, 11) is 1.75. The number of piperidine rings is 1. The first-order valence-corrected chi connectivity index (χ1v) is 6.13. The minimum absolute atomic E-state index is 0.0416. The van der Waals surface area contributed by atoms with Crippen LogP contribution in [-0.2, 0) is 7.05 Å². The Balaban J connectivity index is 2.37. The zero-order chi connectivity index (χ0) is 12.4. The highest BCUT2D eigenvalue weighted by Gasteiger charge is 2.29. The second-order valence-electron chi connectivity index (χ2n) is 4.78. The standard InChI is InChI=1S/C12H20N4O/c1-9-4-3-6-16(10(9)8-13)11-12(17)15(2)7-5-14-11/h5,7,9-10H,3-4,6,8,13H2,1-2H3. The first-order valence-electron chi connectivity index (χ1n) is 6.13. The fraction of sp³-hybridized carbons (Fsp3) is 0.667. The number of hydrogen-bond acceptors (Lipinski definition) is 4. The maximum atomic E-state index is 12.1. The average Bonchev–Trinajstić information content (AvgIpc) is 2.32. The van der Waals surface area contributed by atoms with Crippen LogP contribution in [0.1, 0.15) is 19.8 Å². The molecule has 2 heterocycles. The van der Waals surface area contributed by atoms with E-state index in [1.165, 1.54) is 6.42 Å². The van der Waals surface area contributed by atoms with Crippen LogP contribution in [0.25, 0.3) is 0 Å². The van der Waals surface area contributed by atoms with Gasteiger partial charge in [0.2, 0.25) is 0 Å². The van der Waals surface area contributed by atoms with Crippen molar-refractivity contribution < 1.29 is 0 Å². The number of rotatable bonds is 2. The summed E-state index contributed by atoms with van der Waals surface area (Å²) in [6.07, 6.45) is 5.61. The molecule has 0 aliphatic carbocycles. The molecule has 2 N–H and O–H groups in total. The van der Waals surface area contributed by atoms with Gasteiger partial charge in [0.15, 0.2) is 5.82 Å². The first-order chi connectivity index (χ1) is 8.15. The summed E-state index contributed by atoms with van der Waals surface area (Å²) in [4.78, 5) is 18.4. The third-order valence-corrected chi connectivity index (χ3v) is 3.63. The third kappa shape index (κ3) is 2.20. The summed E-state index contributed by atoms with van der Waals surface area (Å²) in [5.74, 6) is 1.05. The first kappa shape index (κ1) is 12.1. The van der Waals surface area contributed by atoms with Crippen LogP contribution >= 0.6 is 0 Å². The lowest BCUT2D eigenvalue weighted by atomic mass is 9.91. The van der Waals surface area contributed by atoms with Gasteiger partial charge in [0, 0.05) is 38.6 Å². The molecule has 5 heteroatoms. The lowest BCUT2D eigenvalue weighted by molar-refractivity contribution is 0.347. The molecule has 0 radical (unpaired) electrons. The molecule has 17 heavy (non-hydrogen) atoms. The molecule has 1 aromatic heterocycles. The monoisotopic (exact) mass is 236 g/mol. The molecule has 2 atom stereocenters. The summed E-state index contributed by atoms with van der Waals surface area (Å²) in [5.41, 5.74) is 5.79. The number of nitrogens with zero attached hydrogens (tertiary/aromatic N) is 3. The van der Waals surface area contributed by atoms with Gasteiger partial charge in [0.05, 0.1) is 0 Å². The van der Waals surface area contributed by atoms with Gasteiger partial charge in [-0.25, -0.2) is 4.98 Å². The van der Waals surface area contributed by atoms with E-state index in [-0.39, 0.29) is 11.6 Å². The molecule has 2 rings (SSSR count). The zero-order valence-corrected chi connectivity index (χ0v) is 10.5. The Labute approximate surface area is 101 Å². The smallest absolute Gasteiger partial charge is 0.293 e. The Hall–Kier alpha value is -1.36. The molecule has 1 fully saturated rings. The van der Waals surface area contributed by atoms with Gasteiger partial charge in [0.25, 0.3) is 5.56 Å². The van der Waals surface area contributed by atoms with E-state index in [9.17, 15) is 4.79 Å². The van der Waals surface area contributed by atoms with Gasteiger partial charge in [0.1, 0.15) is 0 Å². The molecule has 5 nitrogen and oxygen atoms in total. The van der Waals surface area contributed by atoms with Crippen molar-refractivity contribution in [3.05, 3.63) is 22.7 Å². The van der Waals surface area contributed by atoms with Gasteiger partial charge >= 0.3 is 0 Å². The molecular formula is C12H20N4O. The molecule has 0 spiro atoms. The minimum Gasteiger partial charge on any atom is -0.348 e. The van der Waals surface area contributed by atoms with Crippen molar-refractivity contribution in [2.45, 2.75) is 25.8 Å². The quantitative estimate of drug-likeness (QED) is 0.804. The second kappa shape index (κ2) is 4.87. The SMILES string of the molecule is CC1CCCN(c2nccn(C)c2=O)C1CN. The Kier molecular flexibility index (Phi) is 3.47. The van der Waals surface area contributed by atoms with E-state index in [2.05, 4.69) is 16.8 Å². The number of hydrogen-bond donors (Lipinski definition) is 1. The molecule has 0 bridgehead atoms. The van der Waals surface area contributed by atoms with E-state index in [1.54, 1.807) is 24.0 Å². The zero-order valence-electron chi connectivity index (χ0n) is 10.5. The second-order valence-corrected chi connectivity index (χ2v) is 4.78. The summed E-state index contributed by atoms with van der Waals surface area (Å²) in [6, 6.07) is 0.228. The third-order valence-electron chi connectivity index (χ3n) is 3.63. The van der Waals surface area contributed by atoms with Gasteiger partial charge in [-0.2, -0.15) is 0 Å². The van der Waals surface area contributed by atoms with Crippen LogP contribution in [0.15, 0.2) is 17.2 Å². The number of nitrogens with two attached hydrogens (primary N) is 1. The van der Waals surface area contributed by atoms with Crippen LogP contribution in [0.2, 0.25) is 0 Å². The van der Waals surface area contributed by atoms with E-state index >= 15 is 0 Å². The lowest BCUT2D eigenvalue weighted by Gasteiger charge is -2.39. The van der Waals surface area contributed by atoms with Gasteiger partial charge in [-0.05, 0) is 18.8 Å². The van der Waals surface area contributed by atoms with Crippen LogP contribution in [0.3, 0.4) is 0 Å². The van der Waals surface area contributed by atoms with E-state index < -0.39 is 0 Å². The molecule has 1 aliphatic heterocycles. The summed E-state index contributed by atoms with van der Waals surface area (Å²) in [5, 5.41) is 0. The topological polar surface area (TPSA) is 64.2 Å². The Morgan fingerprint density at radius 2 is 2.35 bits per heavy atom. The van der Waals surface area contributed by atoms with E-state index in [1.807, 2.05) is 0 Å². The highest BCUT2D eigenvalue weighted by Crippen LogP contribution is 2.24. The Bertz CT molecular complexity index is 442. The van der Waals surface area contributed by atoms with Crippen molar-refractivity contribution in [2.24, 2.45) is 18.7 Å². The maximum absolute atomic E-state index is 12.1. The van der Waals surface area contributed by atoms with E-state index in [0.29, 0.717) is 18.3 Å². The van der Waals surface area contributed by atoms with Crippen LogP contribution < -0.4 is 16.2 Å². The lowest BCUT2D eigenvalue weighted by Crippen LogP contribution is -2.51. The van der Waals surface area contributed by atoms with Crippen molar-refractivity contribution in [3.63, 3.8) is 0 Å². The van der Waals surface area contributed by atoms with Crippen molar-refractivity contribution in [3.8, 4) is 0 Å². The maximum Gasteiger partial charge on any atom is 0.293 e. The molecule has 1 saturated heterocycles. The van der Waals surface area contributed by atoms with Gasteiger partial charge in [-0.3, -0.25) is 4.79 Å². The highest BCUT2D eigenvalue weighted by molar-refractivity contribution is 5.38. The Morgan fingerprint density at radius 3 is 3.06 bits per heavy atom. The average molecular weight is 236 g/mol. The molecule has 0 saturated carbocycles. The van der Waals surface area contributed by atoms with Crippen LogP contribution in [0.5, 0.6) is 0 Å². The van der Waals surface area contributed by atoms with E-state index in [0.717, 1.165) is 13.0 Å². The van der Waals surface area contributed by atoms with Crippen molar-refractivity contribution in [2.75, 3.05) is 18.0 Å². The molecule has 1 aromatic rings. The van der Waals surface area contributed by atoms with Crippen molar-refractivity contribution in [1.82, 2.24) is 9.55 Å². The van der Waals surface area contributed by atoms with Gasteiger partial charge in [-0.1, -0.05) is 6.92 Å². The minimum atomic E-state index is -0.0416. The fourth-order valence-electron chi connectivity index (χ4n) is 2.55. The molecular weight excluding hydrogens is 216 g/mol. The Morgan fingerprint density at radius 1 is 1.59 bits per heavy atom. The number of anilines is 1. The largest absolute Gasteiger partial charge is 0.348 e. The predicted octanol–water partition coefficient (Wildman–Crippen LogP) is 0.344. The molecule has 94 valence electrons. The number of aryl methyl sites for hydroxylation is 1. The van der Waals surface area contributed by atoms with Gasteiger partial charge < -0.3 is 15.2 Å². The summed E-state index contributed by atoms with van der Waals surface area (Å²) >= 11 is 0. The highest BCUT2D eigenvalue weighted by atomic mass is 16.1. The molecule has 2 unspecified atom stereocenters. The van der Waals surface area contributed by atoms with Gasteiger partial charge in [-0.15, -0.1) is 0 Å². The number of aromatic nitrogens is 2. The van der Waals surface area contributed by atoms with Crippen LogP contribution in [0, 0.1) is 5.92 Å². The van der Waals surface area contributed by atoms with E-state index in [4.69, 9.17) is 5.73 Å².